The Hall–Kier alpha value is -1.74. The summed E-state index contributed by atoms with van der Waals surface area (Å²) >= 11 is 0. The van der Waals surface area contributed by atoms with Crippen molar-refractivity contribution < 1.29 is 10.2 Å². The highest BCUT2D eigenvalue weighted by Crippen LogP contribution is 2.37. The van der Waals surface area contributed by atoms with Crippen LogP contribution < -0.4 is 16.0 Å². The van der Waals surface area contributed by atoms with E-state index in [1.54, 1.807) is 0 Å². The van der Waals surface area contributed by atoms with Crippen molar-refractivity contribution in [3.05, 3.63) is 18.6 Å². The molecule has 0 amide bonds. The summed E-state index contributed by atoms with van der Waals surface area (Å²) in [5.41, 5.74) is 0.785. The van der Waals surface area contributed by atoms with Crippen LogP contribution in [-0.2, 0) is 0 Å². The molecular weight excluding hydrogens is 344 g/mol. The van der Waals surface area contributed by atoms with Crippen LogP contribution in [0.15, 0.2) is 18.6 Å². The van der Waals surface area contributed by atoms with Gasteiger partial charge in [-0.25, -0.2) is 9.97 Å². The summed E-state index contributed by atoms with van der Waals surface area (Å²) in [5, 5.41) is 32.2. The van der Waals surface area contributed by atoms with E-state index in [-0.39, 0.29) is 12.0 Å². The fourth-order valence-electron chi connectivity index (χ4n) is 4.59. The summed E-state index contributed by atoms with van der Waals surface area (Å²) in [6, 6.07) is 1.78. The Balaban J connectivity index is 1.42. The van der Waals surface area contributed by atoms with Gasteiger partial charge in [0.1, 0.15) is 23.9 Å². The minimum absolute atomic E-state index is 0.0320. The van der Waals surface area contributed by atoms with Crippen LogP contribution in [0, 0.1) is 11.8 Å². The predicted octanol–water partition coefficient (Wildman–Crippen LogP) is 0.345. The molecule has 8 heteroatoms. The van der Waals surface area contributed by atoms with Crippen molar-refractivity contribution in [1.82, 2.24) is 25.2 Å². The smallest absolute Gasteiger partial charge is 0.145 e. The number of aromatic nitrogens is 3. The monoisotopic (exact) mass is 374 g/mol. The Bertz CT molecular complexity index is 760. The highest BCUT2D eigenvalue weighted by atomic mass is 16.3. The molecule has 0 radical (unpaired) electrons. The number of piperidine rings is 1. The van der Waals surface area contributed by atoms with Gasteiger partial charge in [-0.05, 0) is 50.9 Å². The minimum atomic E-state index is -0.795. The number of hydrogen-bond donors (Lipinski definition) is 5. The molecule has 4 unspecified atom stereocenters. The average molecular weight is 374 g/mol. The van der Waals surface area contributed by atoms with Crippen LogP contribution in [0.1, 0.15) is 25.3 Å². The quantitative estimate of drug-likeness (QED) is 0.496. The molecule has 0 bridgehead atoms. The fraction of sp³-hybridized carbons (Fsp3) is 0.684. The average Bonchev–Trinajstić information content (AvgIpc) is 3.25. The SMILES string of the molecule is CNc1ncnc2c1ccn2C1CC(CNC[C@H]2CCCNC2)C(O)C1O. The molecule has 5 N–H and O–H groups in total. The molecule has 2 aliphatic rings. The van der Waals surface area contributed by atoms with Gasteiger partial charge in [0, 0.05) is 25.7 Å². The van der Waals surface area contributed by atoms with Crippen LogP contribution in [0.25, 0.3) is 11.0 Å². The van der Waals surface area contributed by atoms with E-state index >= 15 is 0 Å². The molecule has 1 saturated carbocycles. The van der Waals surface area contributed by atoms with E-state index in [0.29, 0.717) is 5.92 Å². The molecule has 27 heavy (non-hydrogen) atoms. The van der Waals surface area contributed by atoms with E-state index in [1.807, 2.05) is 23.9 Å². The normalized spacial score (nSPS) is 31.4. The molecule has 4 rings (SSSR count). The number of aliphatic hydroxyl groups is 2. The van der Waals surface area contributed by atoms with E-state index in [1.165, 1.54) is 19.2 Å². The van der Waals surface area contributed by atoms with Crippen molar-refractivity contribution in [2.75, 3.05) is 38.5 Å². The van der Waals surface area contributed by atoms with Crippen LogP contribution in [0.3, 0.4) is 0 Å². The zero-order valence-corrected chi connectivity index (χ0v) is 15.8. The zero-order valence-electron chi connectivity index (χ0n) is 15.8. The number of rotatable bonds is 6. The molecule has 1 aliphatic carbocycles. The molecule has 148 valence electrons. The molecular formula is C19H30N6O2. The number of fused-ring (bicyclic) bond motifs is 1. The van der Waals surface area contributed by atoms with Crippen LogP contribution in [0.2, 0.25) is 0 Å². The number of nitrogens with one attached hydrogen (secondary N) is 3. The first-order chi connectivity index (χ1) is 13.2. The van der Waals surface area contributed by atoms with Gasteiger partial charge in [0.2, 0.25) is 0 Å². The van der Waals surface area contributed by atoms with Gasteiger partial charge in [0.15, 0.2) is 0 Å². The van der Waals surface area contributed by atoms with Gasteiger partial charge in [0.25, 0.3) is 0 Å². The van der Waals surface area contributed by atoms with Crippen molar-refractivity contribution in [2.24, 2.45) is 11.8 Å². The van der Waals surface area contributed by atoms with Crippen molar-refractivity contribution in [3.63, 3.8) is 0 Å². The summed E-state index contributed by atoms with van der Waals surface area (Å²) in [7, 11) is 1.83. The zero-order chi connectivity index (χ0) is 18.8. The van der Waals surface area contributed by atoms with E-state index < -0.39 is 12.2 Å². The van der Waals surface area contributed by atoms with E-state index in [2.05, 4.69) is 25.9 Å². The van der Waals surface area contributed by atoms with Crippen LogP contribution in [0.4, 0.5) is 5.82 Å². The maximum Gasteiger partial charge on any atom is 0.145 e. The highest BCUT2D eigenvalue weighted by molar-refractivity contribution is 5.87. The summed E-state index contributed by atoms with van der Waals surface area (Å²) in [5.74, 6) is 1.46. The molecule has 3 heterocycles. The first kappa shape index (κ1) is 18.6. The highest BCUT2D eigenvalue weighted by Gasteiger charge is 2.42. The standard InChI is InChI=1S/C19H30N6O2/c1-20-18-14-4-6-25(19(14)24-11-23-18)15-7-13(16(26)17(15)27)10-22-9-12-3-2-5-21-8-12/h4,6,11-13,15-17,21-22,26-27H,2-3,5,7-10H2,1H3,(H,20,23,24)/t12-,13?,15?,16?,17?/m0/s1. The summed E-state index contributed by atoms with van der Waals surface area (Å²) in [4.78, 5) is 8.64. The topological polar surface area (TPSA) is 107 Å². The first-order valence-corrected chi connectivity index (χ1v) is 9.96. The Kier molecular flexibility index (Phi) is 5.58. The number of nitrogens with zero attached hydrogens (tertiary/aromatic N) is 3. The van der Waals surface area contributed by atoms with Crippen molar-refractivity contribution in [1.29, 1.82) is 0 Å². The van der Waals surface area contributed by atoms with Crippen LogP contribution in [-0.4, -0.2) is 70.2 Å². The van der Waals surface area contributed by atoms with Gasteiger partial charge in [-0.2, -0.15) is 0 Å². The van der Waals surface area contributed by atoms with Crippen molar-refractivity contribution in [3.8, 4) is 0 Å². The lowest BCUT2D eigenvalue weighted by atomic mass is 9.99. The lowest BCUT2D eigenvalue weighted by Gasteiger charge is -2.24. The molecule has 2 fully saturated rings. The third-order valence-corrected chi connectivity index (χ3v) is 6.11. The van der Waals surface area contributed by atoms with E-state index in [9.17, 15) is 10.2 Å². The number of anilines is 1. The first-order valence-electron chi connectivity index (χ1n) is 9.96. The lowest BCUT2D eigenvalue weighted by molar-refractivity contribution is 0.00678. The van der Waals surface area contributed by atoms with Gasteiger partial charge in [0.05, 0.1) is 17.5 Å². The fourth-order valence-corrected chi connectivity index (χ4v) is 4.59. The molecule has 5 atom stereocenters. The largest absolute Gasteiger partial charge is 0.390 e. The Labute approximate surface area is 159 Å². The maximum atomic E-state index is 10.7. The Morgan fingerprint density at radius 2 is 2.15 bits per heavy atom. The van der Waals surface area contributed by atoms with Gasteiger partial charge in [-0.15, -0.1) is 0 Å². The van der Waals surface area contributed by atoms with Crippen LogP contribution >= 0.6 is 0 Å². The molecule has 0 spiro atoms. The summed E-state index contributed by atoms with van der Waals surface area (Å²) in [6.07, 6.45) is 5.15. The van der Waals surface area contributed by atoms with Crippen molar-refractivity contribution >= 4 is 16.9 Å². The van der Waals surface area contributed by atoms with Gasteiger partial charge >= 0.3 is 0 Å². The third kappa shape index (κ3) is 3.67. The number of aliphatic hydroxyl groups excluding tert-OH is 2. The molecule has 1 saturated heterocycles. The Morgan fingerprint density at radius 3 is 2.93 bits per heavy atom. The maximum absolute atomic E-state index is 10.7. The molecule has 2 aromatic rings. The van der Waals surface area contributed by atoms with E-state index in [0.717, 1.165) is 49.5 Å². The molecule has 8 nitrogen and oxygen atoms in total. The second kappa shape index (κ2) is 8.10. The van der Waals surface area contributed by atoms with Crippen molar-refractivity contribution in [2.45, 2.75) is 37.5 Å². The lowest BCUT2D eigenvalue weighted by Crippen LogP contribution is -2.39. The van der Waals surface area contributed by atoms with Crippen LogP contribution in [0.5, 0.6) is 0 Å². The number of hydrogen-bond acceptors (Lipinski definition) is 7. The third-order valence-electron chi connectivity index (χ3n) is 6.11. The predicted molar refractivity (Wildman–Crippen MR) is 105 cm³/mol. The molecule has 0 aromatic carbocycles. The van der Waals surface area contributed by atoms with E-state index in [4.69, 9.17) is 0 Å². The molecule has 2 aromatic heterocycles. The summed E-state index contributed by atoms with van der Waals surface area (Å²) < 4.78 is 1.98. The second-order valence-corrected chi connectivity index (χ2v) is 7.85. The van der Waals surface area contributed by atoms with Gasteiger partial charge in [-0.1, -0.05) is 0 Å². The van der Waals surface area contributed by atoms with Gasteiger partial charge in [-0.3, -0.25) is 0 Å². The minimum Gasteiger partial charge on any atom is -0.390 e. The summed E-state index contributed by atoms with van der Waals surface area (Å²) in [6.45, 7) is 3.87. The molecule has 1 aliphatic heterocycles. The van der Waals surface area contributed by atoms with Gasteiger partial charge < -0.3 is 30.7 Å². The Morgan fingerprint density at radius 1 is 1.26 bits per heavy atom. The second-order valence-electron chi connectivity index (χ2n) is 7.85.